The third-order valence-electron chi connectivity index (χ3n) is 6.25. The molecule has 3 rings (SSSR count). The van der Waals surface area contributed by atoms with Crippen molar-refractivity contribution in [3.05, 3.63) is 29.8 Å². The quantitative estimate of drug-likeness (QED) is 0.328. The van der Waals surface area contributed by atoms with Crippen molar-refractivity contribution in [2.75, 3.05) is 19.6 Å². The van der Waals surface area contributed by atoms with E-state index in [0.29, 0.717) is 18.2 Å². The van der Waals surface area contributed by atoms with E-state index in [1.54, 1.807) is 29.2 Å². The summed E-state index contributed by atoms with van der Waals surface area (Å²) in [6.45, 7) is 4.15. The SMILES string of the molecule is CC1C(Oc2ccc(CC(N)C(=O)O)cc2)OC(=O)N1CCCC1CCN(C(=N)N)CC1. The molecule has 0 aromatic heterocycles. The maximum Gasteiger partial charge on any atom is 0.413 e. The summed E-state index contributed by atoms with van der Waals surface area (Å²) >= 11 is 0. The van der Waals surface area contributed by atoms with E-state index >= 15 is 0 Å². The van der Waals surface area contributed by atoms with Crippen LogP contribution < -0.4 is 16.2 Å². The second-order valence-corrected chi connectivity index (χ2v) is 8.55. The Bertz CT molecular complexity index is 809. The van der Waals surface area contributed by atoms with Gasteiger partial charge in [-0.25, -0.2) is 4.79 Å². The fourth-order valence-corrected chi connectivity index (χ4v) is 4.19. The molecule has 1 amide bonds. The highest BCUT2D eigenvalue weighted by molar-refractivity contribution is 5.74. The van der Waals surface area contributed by atoms with Crippen molar-refractivity contribution >= 4 is 18.0 Å². The van der Waals surface area contributed by atoms with E-state index in [9.17, 15) is 9.59 Å². The smallest absolute Gasteiger partial charge is 0.413 e. The predicted octanol–water partition coefficient (Wildman–Crippen LogP) is 1.57. The summed E-state index contributed by atoms with van der Waals surface area (Å²) in [6, 6.07) is 5.79. The van der Waals surface area contributed by atoms with Crippen LogP contribution in [0.4, 0.5) is 4.79 Å². The van der Waals surface area contributed by atoms with Crippen LogP contribution in [0, 0.1) is 11.3 Å². The monoisotopic (exact) mass is 447 g/mol. The number of carbonyl (C=O) groups is 2. The number of amides is 1. The van der Waals surface area contributed by atoms with Crippen LogP contribution in [0.1, 0.15) is 38.2 Å². The number of rotatable bonds is 9. The van der Waals surface area contributed by atoms with Gasteiger partial charge < -0.3 is 30.9 Å². The number of nitrogens with zero attached hydrogens (tertiary/aromatic N) is 2. The molecule has 3 unspecified atom stereocenters. The maximum atomic E-state index is 12.3. The van der Waals surface area contributed by atoms with Crippen molar-refractivity contribution in [2.45, 2.75) is 57.4 Å². The molecule has 32 heavy (non-hydrogen) atoms. The first-order chi connectivity index (χ1) is 15.2. The van der Waals surface area contributed by atoms with E-state index in [0.717, 1.165) is 44.3 Å². The number of ether oxygens (including phenoxy) is 2. The van der Waals surface area contributed by atoms with Crippen LogP contribution in [0.2, 0.25) is 0 Å². The molecule has 2 heterocycles. The van der Waals surface area contributed by atoms with Gasteiger partial charge in [0.1, 0.15) is 17.8 Å². The summed E-state index contributed by atoms with van der Waals surface area (Å²) < 4.78 is 11.3. The van der Waals surface area contributed by atoms with Gasteiger partial charge in [-0.3, -0.25) is 15.1 Å². The summed E-state index contributed by atoms with van der Waals surface area (Å²) in [6.07, 6.45) is 3.08. The number of carbonyl (C=O) groups excluding carboxylic acids is 1. The summed E-state index contributed by atoms with van der Waals surface area (Å²) in [4.78, 5) is 26.8. The lowest BCUT2D eigenvalue weighted by Gasteiger charge is -2.32. The van der Waals surface area contributed by atoms with Crippen LogP contribution >= 0.6 is 0 Å². The van der Waals surface area contributed by atoms with E-state index in [-0.39, 0.29) is 24.5 Å². The minimum atomic E-state index is -1.04. The minimum absolute atomic E-state index is 0.140. The van der Waals surface area contributed by atoms with Gasteiger partial charge in [0, 0.05) is 19.6 Å². The van der Waals surface area contributed by atoms with Gasteiger partial charge in [-0.15, -0.1) is 0 Å². The van der Waals surface area contributed by atoms with Crippen molar-refractivity contribution in [3.8, 4) is 5.75 Å². The molecule has 2 saturated heterocycles. The molecule has 176 valence electrons. The Morgan fingerprint density at radius 3 is 2.56 bits per heavy atom. The summed E-state index contributed by atoms with van der Waals surface area (Å²) in [5, 5.41) is 16.4. The Hall–Kier alpha value is -3.01. The molecule has 3 atom stereocenters. The molecule has 2 aliphatic heterocycles. The molecule has 10 heteroatoms. The molecule has 6 N–H and O–H groups in total. The van der Waals surface area contributed by atoms with Crippen molar-refractivity contribution in [1.29, 1.82) is 5.41 Å². The number of likely N-dealkylation sites (tertiary alicyclic amines) is 1. The number of guanidine groups is 1. The third-order valence-corrected chi connectivity index (χ3v) is 6.25. The number of piperidine rings is 1. The molecule has 0 bridgehead atoms. The zero-order valence-electron chi connectivity index (χ0n) is 18.4. The molecule has 2 aliphatic rings. The number of carboxylic acids is 1. The topological polar surface area (TPSA) is 155 Å². The minimum Gasteiger partial charge on any atom is -0.480 e. The van der Waals surface area contributed by atoms with Crippen molar-refractivity contribution < 1.29 is 24.2 Å². The average molecular weight is 448 g/mol. The molecule has 1 aromatic rings. The van der Waals surface area contributed by atoms with Gasteiger partial charge >= 0.3 is 12.1 Å². The van der Waals surface area contributed by atoms with Crippen molar-refractivity contribution in [2.24, 2.45) is 17.4 Å². The zero-order valence-corrected chi connectivity index (χ0v) is 18.4. The van der Waals surface area contributed by atoms with Crippen LogP contribution in [0.5, 0.6) is 5.75 Å². The lowest BCUT2D eigenvalue weighted by atomic mass is 9.92. The second-order valence-electron chi connectivity index (χ2n) is 8.55. The molecule has 0 aliphatic carbocycles. The highest BCUT2D eigenvalue weighted by Crippen LogP contribution is 2.26. The lowest BCUT2D eigenvalue weighted by molar-refractivity contribution is -0.138. The normalized spacial score (nSPS) is 22.5. The van der Waals surface area contributed by atoms with E-state index < -0.39 is 18.3 Å². The van der Waals surface area contributed by atoms with E-state index in [4.69, 9.17) is 31.5 Å². The molecule has 1 aromatic carbocycles. The molecular weight excluding hydrogens is 414 g/mol. The van der Waals surface area contributed by atoms with Gasteiger partial charge in [0.05, 0.1) is 0 Å². The number of benzene rings is 1. The van der Waals surface area contributed by atoms with Gasteiger partial charge in [0.15, 0.2) is 5.96 Å². The van der Waals surface area contributed by atoms with Crippen LogP contribution in [-0.2, 0) is 16.0 Å². The first kappa shape index (κ1) is 23.6. The molecule has 10 nitrogen and oxygen atoms in total. The fourth-order valence-electron chi connectivity index (χ4n) is 4.19. The Labute approximate surface area is 187 Å². The van der Waals surface area contributed by atoms with E-state index in [2.05, 4.69) is 0 Å². The third kappa shape index (κ3) is 6.03. The number of nitrogens with two attached hydrogens (primary N) is 2. The lowest BCUT2D eigenvalue weighted by Crippen LogP contribution is -2.42. The van der Waals surface area contributed by atoms with Crippen LogP contribution in [0.15, 0.2) is 24.3 Å². The first-order valence-electron chi connectivity index (χ1n) is 11.0. The highest BCUT2D eigenvalue weighted by atomic mass is 16.7. The fraction of sp³-hybridized carbons (Fsp3) is 0.591. The molecule has 0 saturated carbocycles. The standard InChI is InChI=1S/C22H33N5O5/c1-14-20(31-17-6-4-16(5-7-17)13-18(23)19(28)29)32-22(30)27(14)10-2-3-15-8-11-26(12-9-15)21(24)25/h4-7,14-15,18,20H,2-3,8-13,23H2,1H3,(H3,24,25)(H,28,29). The second kappa shape index (κ2) is 10.5. The first-order valence-corrected chi connectivity index (χ1v) is 11.0. The number of hydrogen-bond donors (Lipinski definition) is 4. The van der Waals surface area contributed by atoms with Crippen LogP contribution in [-0.4, -0.2) is 70.9 Å². The van der Waals surface area contributed by atoms with E-state index in [1.165, 1.54) is 0 Å². The Morgan fingerprint density at radius 2 is 1.97 bits per heavy atom. The van der Waals surface area contributed by atoms with Gasteiger partial charge in [-0.1, -0.05) is 12.1 Å². The summed E-state index contributed by atoms with van der Waals surface area (Å²) in [7, 11) is 0. The Morgan fingerprint density at radius 1 is 1.31 bits per heavy atom. The predicted molar refractivity (Wildman–Crippen MR) is 118 cm³/mol. The zero-order chi connectivity index (χ0) is 23.3. The number of hydrogen-bond acceptors (Lipinski definition) is 6. The summed E-state index contributed by atoms with van der Waals surface area (Å²) in [5.41, 5.74) is 11.9. The van der Waals surface area contributed by atoms with Crippen molar-refractivity contribution in [3.63, 3.8) is 0 Å². The van der Waals surface area contributed by atoms with Crippen LogP contribution in [0.3, 0.4) is 0 Å². The van der Waals surface area contributed by atoms with Crippen molar-refractivity contribution in [1.82, 2.24) is 9.80 Å². The van der Waals surface area contributed by atoms with Gasteiger partial charge in [0.25, 0.3) is 6.29 Å². The van der Waals surface area contributed by atoms with Crippen LogP contribution in [0.25, 0.3) is 0 Å². The number of aliphatic carboxylic acids is 1. The Balaban J connectivity index is 1.44. The summed E-state index contributed by atoms with van der Waals surface area (Å²) in [5.74, 6) is 0.223. The van der Waals surface area contributed by atoms with Gasteiger partial charge in [-0.2, -0.15) is 0 Å². The molecule has 0 spiro atoms. The number of carboxylic acid groups (broad SMARTS) is 1. The van der Waals surface area contributed by atoms with E-state index in [1.807, 2.05) is 11.8 Å². The number of cyclic esters (lactones) is 1. The maximum absolute atomic E-state index is 12.3. The average Bonchev–Trinajstić information content (AvgIpc) is 3.02. The largest absolute Gasteiger partial charge is 0.480 e. The molecule has 0 radical (unpaired) electrons. The highest BCUT2D eigenvalue weighted by Gasteiger charge is 2.40. The van der Waals surface area contributed by atoms with Gasteiger partial charge in [-0.05, 0) is 62.6 Å². The Kier molecular flexibility index (Phi) is 7.79. The van der Waals surface area contributed by atoms with Gasteiger partial charge in [0.2, 0.25) is 0 Å². The molecule has 2 fully saturated rings. The molecular formula is C22H33N5O5. The number of nitrogens with one attached hydrogen (secondary N) is 1.